The molecule has 0 N–H and O–H groups in total. The van der Waals surface area contributed by atoms with E-state index in [0.717, 1.165) is 31.7 Å². The van der Waals surface area contributed by atoms with Crippen LogP contribution in [-0.2, 0) is 0 Å². The van der Waals surface area contributed by atoms with Crippen molar-refractivity contribution in [1.29, 1.82) is 0 Å². The van der Waals surface area contributed by atoms with Crippen molar-refractivity contribution in [1.82, 2.24) is 4.90 Å². The van der Waals surface area contributed by atoms with Crippen molar-refractivity contribution in [3.05, 3.63) is 60.2 Å². The molecule has 2 aromatic rings. The third-order valence-electron chi connectivity index (χ3n) is 4.14. The first-order valence-corrected chi connectivity index (χ1v) is 9.37. The molecule has 1 aliphatic rings. The standard InChI is InChI=1S/C20H24N2OS/c1-16(2)24-19-10-6-7-17(15-19)20(23)22-13-11-21(12-14-22)18-8-4-3-5-9-18/h3-10,15-16H,11-14H2,1-2H3. The minimum atomic E-state index is 0.147. The number of nitrogens with zero attached hydrogens (tertiary/aromatic N) is 2. The molecule has 1 aliphatic heterocycles. The van der Waals surface area contributed by atoms with Crippen LogP contribution >= 0.6 is 11.8 Å². The van der Waals surface area contributed by atoms with Crippen LogP contribution in [0, 0.1) is 0 Å². The second-order valence-corrected chi connectivity index (χ2v) is 7.96. The van der Waals surface area contributed by atoms with Gasteiger partial charge in [-0.25, -0.2) is 0 Å². The predicted molar refractivity (Wildman–Crippen MR) is 102 cm³/mol. The number of carbonyl (C=O) groups excluding carboxylic acids is 1. The molecule has 0 aromatic heterocycles. The Labute approximate surface area is 148 Å². The topological polar surface area (TPSA) is 23.6 Å². The molecule has 1 heterocycles. The van der Waals surface area contributed by atoms with Gasteiger partial charge >= 0.3 is 0 Å². The third-order valence-corrected chi connectivity index (χ3v) is 5.14. The maximum absolute atomic E-state index is 12.8. The summed E-state index contributed by atoms with van der Waals surface area (Å²) in [6.45, 7) is 7.65. The van der Waals surface area contributed by atoms with Crippen LogP contribution < -0.4 is 4.90 Å². The molecule has 0 bridgehead atoms. The number of amides is 1. The van der Waals surface area contributed by atoms with Gasteiger partial charge in [0.25, 0.3) is 5.91 Å². The molecule has 2 aromatic carbocycles. The van der Waals surface area contributed by atoms with E-state index in [1.807, 2.05) is 29.2 Å². The average molecular weight is 340 g/mol. The maximum atomic E-state index is 12.8. The van der Waals surface area contributed by atoms with E-state index in [0.29, 0.717) is 5.25 Å². The van der Waals surface area contributed by atoms with Crippen LogP contribution in [0.25, 0.3) is 0 Å². The molecule has 0 saturated carbocycles. The van der Waals surface area contributed by atoms with Crippen molar-refractivity contribution in [3.63, 3.8) is 0 Å². The van der Waals surface area contributed by atoms with Crippen molar-refractivity contribution in [2.45, 2.75) is 24.0 Å². The van der Waals surface area contributed by atoms with E-state index < -0.39 is 0 Å². The summed E-state index contributed by atoms with van der Waals surface area (Å²) in [4.78, 5) is 18.3. The Morgan fingerprint density at radius 2 is 1.67 bits per heavy atom. The molecule has 1 amide bonds. The Hall–Kier alpha value is -1.94. The molecule has 126 valence electrons. The third kappa shape index (κ3) is 4.12. The van der Waals surface area contributed by atoms with E-state index in [2.05, 4.69) is 49.1 Å². The second kappa shape index (κ2) is 7.75. The fourth-order valence-electron chi connectivity index (χ4n) is 2.96. The van der Waals surface area contributed by atoms with Crippen molar-refractivity contribution in [2.75, 3.05) is 31.1 Å². The lowest BCUT2D eigenvalue weighted by molar-refractivity contribution is 0.0746. The van der Waals surface area contributed by atoms with Gasteiger partial charge in [-0.2, -0.15) is 0 Å². The zero-order chi connectivity index (χ0) is 16.9. The van der Waals surface area contributed by atoms with Crippen LogP contribution in [0.2, 0.25) is 0 Å². The molecule has 3 rings (SSSR count). The predicted octanol–water partition coefficient (Wildman–Crippen LogP) is 4.15. The number of rotatable bonds is 4. The summed E-state index contributed by atoms with van der Waals surface area (Å²) in [6, 6.07) is 18.4. The van der Waals surface area contributed by atoms with Crippen LogP contribution in [0.5, 0.6) is 0 Å². The smallest absolute Gasteiger partial charge is 0.254 e. The van der Waals surface area contributed by atoms with Gasteiger partial charge in [0.2, 0.25) is 0 Å². The molecule has 4 heteroatoms. The minimum Gasteiger partial charge on any atom is -0.368 e. The summed E-state index contributed by atoms with van der Waals surface area (Å²) in [5, 5.41) is 0.518. The fraction of sp³-hybridized carbons (Fsp3) is 0.350. The summed E-state index contributed by atoms with van der Waals surface area (Å²) in [7, 11) is 0. The normalized spacial score (nSPS) is 15.0. The van der Waals surface area contributed by atoms with Gasteiger partial charge in [-0.05, 0) is 30.3 Å². The lowest BCUT2D eigenvalue weighted by Gasteiger charge is -2.36. The monoisotopic (exact) mass is 340 g/mol. The van der Waals surface area contributed by atoms with Crippen molar-refractivity contribution in [3.8, 4) is 0 Å². The highest BCUT2D eigenvalue weighted by molar-refractivity contribution is 7.99. The molecule has 24 heavy (non-hydrogen) atoms. The van der Waals surface area contributed by atoms with E-state index >= 15 is 0 Å². The largest absolute Gasteiger partial charge is 0.368 e. The highest BCUT2D eigenvalue weighted by Crippen LogP contribution is 2.24. The number of thioether (sulfide) groups is 1. The van der Waals surface area contributed by atoms with Gasteiger partial charge in [0.15, 0.2) is 0 Å². The fourth-order valence-corrected chi connectivity index (χ4v) is 3.86. The number of carbonyl (C=O) groups is 1. The van der Waals surface area contributed by atoms with Crippen LogP contribution in [0.3, 0.4) is 0 Å². The van der Waals surface area contributed by atoms with Crippen LogP contribution in [-0.4, -0.2) is 42.2 Å². The molecule has 0 radical (unpaired) electrons. The summed E-state index contributed by atoms with van der Waals surface area (Å²) < 4.78 is 0. The summed E-state index contributed by atoms with van der Waals surface area (Å²) in [5.74, 6) is 0.147. The first-order chi connectivity index (χ1) is 11.6. The molecule has 1 fully saturated rings. The molecular formula is C20H24N2OS. The van der Waals surface area contributed by atoms with Gasteiger partial charge in [0.05, 0.1) is 0 Å². The quantitative estimate of drug-likeness (QED) is 0.781. The highest BCUT2D eigenvalue weighted by Gasteiger charge is 2.22. The maximum Gasteiger partial charge on any atom is 0.254 e. The number of para-hydroxylation sites is 1. The average Bonchev–Trinajstić information content (AvgIpc) is 2.62. The lowest BCUT2D eigenvalue weighted by Crippen LogP contribution is -2.48. The number of benzene rings is 2. The molecule has 0 spiro atoms. The number of hydrogen-bond acceptors (Lipinski definition) is 3. The molecular weight excluding hydrogens is 316 g/mol. The van der Waals surface area contributed by atoms with Gasteiger partial charge < -0.3 is 9.80 Å². The number of anilines is 1. The van der Waals surface area contributed by atoms with Crippen molar-refractivity contribution >= 4 is 23.4 Å². The van der Waals surface area contributed by atoms with Crippen molar-refractivity contribution in [2.24, 2.45) is 0 Å². The van der Waals surface area contributed by atoms with Crippen LogP contribution in [0.1, 0.15) is 24.2 Å². The molecule has 0 unspecified atom stereocenters. The molecule has 0 aliphatic carbocycles. The minimum absolute atomic E-state index is 0.147. The SMILES string of the molecule is CC(C)Sc1cccc(C(=O)N2CCN(c3ccccc3)CC2)c1. The summed E-state index contributed by atoms with van der Waals surface area (Å²) >= 11 is 1.80. The van der Waals surface area contributed by atoms with E-state index in [9.17, 15) is 4.79 Å². The Bertz CT molecular complexity index is 679. The van der Waals surface area contributed by atoms with Crippen LogP contribution in [0.15, 0.2) is 59.5 Å². The van der Waals surface area contributed by atoms with Crippen molar-refractivity contribution < 1.29 is 4.79 Å². The first-order valence-electron chi connectivity index (χ1n) is 8.49. The number of hydrogen-bond donors (Lipinski definition) is 0. The van der Waals surface area contributed by atoms with Gasteiger partial charge in [-0.3, -0.25) is 4.79 Å². The summed E-state index contributed by atoms with van der Waals surface area (Å²) in [6.07, 6.45) is 0. The lowest BCUT2D eigenvalue weighted by atomic mass is 10.1. The molecule has 1 saturated heterocycles. The van der Waals surface area contributed by atoms with E-state index in [1.165, 1.54) is 10.6 Å². The number of piperazine rings is 1. The Morgan fingerprint density at radius 1 is 0.958 bits per heavy atom. The summed E-state index contributed by atoms with van der Waals surface area (Å²) in [5.41, 5.74) is 2.04. The van der Waals surface area contributed by atoms with E-state index in [-0.39, 0.29) is 5.91 Å². The van der Waals surface area contributed by atoms with Crippen LogP contribution in [0.4, 0.5) is 5.69 Å². The second-order valence-electron chi connectivity index (χ2n) is 6.31. The zero-order valence-electron chi connectivity index (χ0n) is 14.3. The Morgan fingerprint density at radius 3 is 2.33 bits per heavy atom. The van der Waals surface area contributed by atoms with Gasteiger partial charge in [0, 0.05) is 47.6 Å². The first kappa shape index (κ1) is 16.9. The van der Waals surface area contributed by atoms with Gasteiger partial charge in [-0.1, -0.05) is 38.1 Å². The van der Waals surface area contributed by atoms with E-state index in [1.54, 1.807) is 11.8 Å². The van der Waals surface area contributed by atoms with Gasteiger partial charge in [0.1, 0.15) is 0 Å². The Balaban J connectivity index is 1.63. The van der Waals surface area contributed by atoms with Gasteiger partial charge in [-0.15, -0.1) is 11.8 Å². The highest BCUT2D eigenvalue weighted by atomic mass is 32.2. The van der Waals surface area contributed by atoms with E-state index in [4.69, 9.17) is 0 Å². The zero-order valence-corrected chi connectivity index (χ0v) is 15.1. The molecule has 0 atom stereocenters. The molecule has 3 nitrogen and oxygen atoms in total. The Kier molecular flexibility index (Phi) is 5.46.